The molecule has 6 nitrogen and oxygen atoms in total. The maximum atomic E-state index is 12.7. The summed E-state index contributed by atoms with van der Waals surface area (Å²) >= 11 is 6.00. The summed E-state index contributed by atoms with van der Waals surface area (Å²) in [4.78, 5) is 18.9. The summed E-state index contributed by atoms with van der Waals surface area (Å²) < 4.78 is 0. The number of carbonyl (C=O) groups is 1. The largest absolute Gasteiger partial charge is 0.354 e. The molecule has 4 rings (SSSR count). The molecule has 3 aromatic rings. The number of piperidine rings is 1. The lowest BCUT2D eigenvalue weighted by Crippen LogP contribution is -2.41. The van der Waals surface area contributed by atoms with Crippen LogP contribution in [0.5, 0.6) is 0 Å². The van der Waals surface area contributed by atoms with Crippen LogP contribution < -0.4 is 10.2 Å². The fourth-order valence-electron chi connectivity index (χ4n) is 3.37. The lowest BCUT2D eigenvalue weighted by Gasteiger charge is -2.32. The van der Waals surface area contributed by atoms with Crippen LogP contribution in [-0.4, -0.2) is 34.2 Å². The third-order valence-electron chi connectivity index (χ3n) is 4.82. The number of amides is 1. The van der Waals surface area contributed by atoms with Gasteiger partial charge in [-0.15, -0.1) is 10.2 Å². The van der Waals surface area contributed by atoms with Crippen molar-refractivity contribution in [1.29, 1.82) is 0 Å². The quantitative estimate of drug-likeness (QED) is 0.724. The number of halogens is 1. The van der Waals surface area contributed by atoms with Gasteiger partial charge >= 0.3 is 0 Å². The van der Waals surface area contributed by atoms with Gasteiger partial charge in [0.25, 0.3) is 0 Å². The van der Waals surface area contributed by atoms with Crippen molar-refractivity contribution in [3.8, 4) is 11.3 Å². The molecule has 7 heteroatoms. The zero-order valence-electron chi connectivity index (χ0n) is 15.3. The van der Waals surface area contributed by atoms with Crippen molar-refractivity contribution in [1.82, 2.24) is 15.2 Å². The summed E-state index contributed by atoms with van der Waals surface area (Å²) in [7, 11) is 0. The topological polar surface area (TPSA) is 71.0 Å². The summed E-state index contributed by atoms with van der Waals surface area (Å²) in [6.45, 7) is 1.48. The number of benzene rings is 1. The SMILES string of the molecule is O=C(Nc1cccc(Cl)c1)C1CCCN(c2ccc(-c3cccnc3)nn2)C1. The van der Waals surface area contributed by atoms with E-state index in [-0.39, 0.29) is 11.8 Å². The summed E-state index contributed by atoms with van der Waals surface area (Å²) in [5.74, 6) is 0.687. The minimum absolute atomic E-state index is 0.00639. The average Bonchev–Trinajstić information content (AvgIpc) is 2.75. The van der Waals surface area contributed by atoms with Gasteiger partial charge in [0.1, 0.15) is 0 Å². The number of rotatable bonds is 4. The minimum Gasteiger partial charge on any atom is -0.354 e. The zero-order valence-corrected chi connectivity index (χ0v) is 16.0. The van der Waals surface area contributed by atoms with Crippen LogP contribution in [0.15, 0.2) is 60.9 Å². The van der Waals surface area contributed by atoms with Crippen LogP contribution in [0.25, 0.3) is 11.3 Å². The van der Waals surface area contributed by atoms with Gasteiger partial charge in [0.2, 0.25) is 5.91 Å². The number of carbonyl (C=O) groups excluding carboxylic acids is 1. The Morgan fingerprint density at radius 2 is 2.07 bits per heavy atom. The summed E-state index contributed by atoms with van der Waals surface area (Å²) in [6.07, 6.45) is 5.28. The lowest BCUT2D eigenvalue weighted by atomic mass is 9.97. The number of hydrogen-bond donors (Lipinski definition) is 1. The van der Waals surface area contributed by atoms with Crippen LogP contribution in [0.2, 0.25) is 5.02 Å². The first-order valence-electron chi connectivity index (χ1n) is 9.24. The molecule has 1 saturated heterocycles. The average molecular weight is 394 g/mol. The van der Waals surface area contributed by atoms with E-state index in [1.165, 1.54) is 0 Å². The van der Waals surface area contributed by atoms with Crippen LogP contribution in [0.4, 0.5) is 11.5 Å². The van der Waals surface area contributed by atoms with E-state index in [0.717, 1.165) is 42.1 Å². The van der Waals surface area contributed by atoms with Gasteiger partial charge < -0.3 is 10.2 Å². The highest BCUT2D eigenvalue weighted by atomic mass is 35.5. The van der Waals surface area contributed by atoms with Crippen molar-refractivity contribution in [2.24, 2.45) is 5.92 Å². The molecule has 1 N–H and O–H groups in total. The molecule has 1 aliphatic heterocycles. The van der Waals surface area contributed by atoms with Gasteiger partial charge in [-0.2, -0.15) is 0 Å². The molecule has 0 aliphatic carbocycles. The van der Waals surface area contributed by atoms with Crippen molar-refractivity contribution in [3.63, 3.8) is 0 Å². The van der Waals surface area contributed by atoms with Crippen LogP contribution in [-0.2, 0) is 4.79 Å². The number of anilines is 2. The zero-order chi connectivity index (χ0) is 19.3. The van der Waals surface area contributed by atoms with Gasteiger partial charge in [-0.3, -0.25) is 9.78 Å². The highest BCUT2D eigenvalue weighted by Gasteiger charge is 2.27. The van der Waals surface area contributed by atoms with Crippen LogP contribution in [0.3, 0.4) is 0 Å². The minimum atomic E-state index is -0.104. The summed E-state index contributed by atoms with van der Waals surface area (Å²) in [6, 6.07) is 14.9. The van der Waals surface area contributed by atoms with E-state index in [4.69, 9.17) is 11.6 Å². The van der Waals surface area contributed by atoms with Gasteiger partial charge in [0.15, 0.2) is 5.82 Å². The highest BCUT2D eigenvalue weighted by Crippen LogP contribution is 2.24. The van der Waals surface area contributed by atoms with Crippen molar-refractivity contribution < 1.29 is 4.79 Å². The maximum Gasteiger partial charge on any atom is 0.229 e. The van der Waals surface area contributed by atoms with E-state index in [0.29, 0.717) is 11.6 Å². The molecule has 0 spiro atoms. The van der Waals surface area contributed by atoms with Gasteiger partial charge in [-0.25, -0.2) is 0 Å². The second kappa shape index (κ2) is 8.35. The van der Waals surface area contributed by atoms with E-state index < -0.39 is 0 Å². The highest BCUT2D eigenvalue weighted by molar-refractivity contribution is 6.30. The fourth-order valence-corrected chi connectivity index (χ4v) is 3.56. The smallest absolute Gasteiger partial charge is 0.229 e. The number of nitrogens with zero attached hydrogens (tertiary/aromatic N) is 4. The molecule has 1 aliphatic rings. The predicted octanol–water partition coefficient (Wildman–Crippen LogP) is 4.05. The summed E-state index contributed by atoms with van der Waals surface area (Å²) in [5.41, 5.74) is 2.43. The monoisotopic (exact) mass is 393 g/mol. The molecule has 3 heterocycles. The fraction of sp³-hybridized carbons (Fsp3) is 0.238. The number of nitrogens with one attached hydrogen (secondary N) is 1. The molecule has 0 bridgehead atoms. The summed E-state index contributed by atoms with van der Waals surface area (Å²) in [5, 5.41) is 12.3. The molecule has 142 valence electrons. The third-order valence-corrected chi connectivity index (χ3v) is 5.05. The predicted molar refractivity (Wildman–Crippen MR) is 110 cm³/mol. The Balaban J connectivity index is 1.42. The third kappa shape index (κ3) is 4.28. The first-order chi connectivity index (χ1) is 13.7. The Bertz CT molecular complexity index is 949. The molecule has 1 amide bonds. The molecule has 1 unspecified atom stereocenters. The molecule has 28 heavy (non-hydrogen) atoms. The van der Waals surface area contributed by atoms with E-state index in [2.05, 4.69) is 25.4 Å². The Hall–Kier alpha value is -2.99. The van der Waals surface area contributed by atoms with E-state index in [9.17, 15) is 4.79 Å². The molecule has 1 atom stereocenters. The van der Waals surface area contributed by atoms with Gasteiger partial charge in [-0.1, -0.05) is 17.7 Å². The van der Waals surface area contributed by atoms with Crippen molar-refractivity contribution in [2.45, 2.75) is 12.8 Å². The standard InChI is InChI=1S/C21H20ClN5O/c22-17-6-1-7-18(12-17)24-21(28)16-5-3-11-27(14-16)20-9-8-19(25-26-20)15-4-2-10-23-13-15/h1-2,4,6-10,12-13,16H,3,5,11,14H2,(H,24,28). The Morgan fingerprint density at radius 3 is 2.82 bits per heavy atom. The first kappa shape index (κ1) is 18.4. The molecule has 0 radical (unpaired) electrons. The first-order valence-corrected chi connectivity index (χ1v) is 9.62. The second-order valence-corrected chi connectivity index (χ2v) is 7.24. The Labute approximate surface area is 168 Å². The number of pyridine rings is 1. The molecule has 1 aromatic carbocycles. The van der Waals surface area contributed by atoms with Gasteiger partial charge in [0.05, 0.1) is 11.6 Å². The Kier molecular flexibility index (Phi) is 5.48. The maximum absolute atomic E-state index is 12.7. The molecule has 0 saturated carbocycles. The van der Waals surface area contributed by atoms with Gasteiger partial charge in [0, 0.05) is 41.8 Å². The molecular weight excluding hydrogens is 374 g/mol. The Morgan fingerprint density at radius 1 is 1.14 bits per heavy atom. The second-order valence-electron chi connectivity index (χ2n) is 6.80. The molecule has 1 fully saturated rings. The van der Waals surface area contributed by atoms with E-state index >= 15 is 0 Å². The van der Waals surface area contributed by atoms with Crippen LogP contribution in [0.1, 0.15) is 12.8 Å². The van der Waals surface area contributed by atoms with Crippen molar-refractivity contribution in [2.75, 3.05) is 23.3 Å². The molecule has 2 aromatic heterocycles. The van der Waals surface area contributed by atoms with Gasteiger partial charge in [-0.05, 0) is 55.3 Å². The molecular formula is C21H20ClN5O. The number of hydrogen-bond acceptors (Lipinski definition) is 5. The van der Waals surface area contributed by atoms with Crippen molar-refractivity contribution >= 4 is 29.0 Å². The van der Waals surface area contributed by atoms with Crippen molar-refractivity contribution in [3.05, 3.63) is 65.9 Å². The normalized spacial score (nSPS) is 16.6. The van der Waals surface area contributed by atoms with E-state index in [1.54, 1.807) is 24.5 Å². The van der Waals surface area contributed by atoms with E-state index in [1.807, 2.05) is 36.4 Å². The van der Waals surface area contributed by atoms with Crippen LogP contribution >= 0.6 is 11.6 Å². The lowest BCUT2D eigenvalue weighted by molar-refractivity contribution is -0.120. The van der Waals surface area contributed by atoms with Crippen LogP contribution in [0, 0.1) is 5.92 Å². The number of aromatic nitrogens is 3.